The highest BCUT2D eigenvalue weighted by molar-refractivity contribution is 7.98. The summed E-state index contributed by atoms with van der Waals surface area (Å²) in [6.45, 7) is -0.420. The van der Waals surface area contributed by atoms with Crippen molar-refractivity contribution in [1.29, 1.82) is 0 Å². The minimum atomic E-state index is -1.23. The molecule has 4 rings (SSSR count). The number of anilines is 1. The second-order valence-electron chi connectivity index (χ2n) is 6.46. The van der Waals surface area contributed by atoms with Gasteiger partial charge in [0.05, 0.1) is 18.6 Å². The first-order chi connectivity index (χ1) is 14.0. The van der Waals surface area contributed by atoms with E-state index in [9.17, 15) is 20.5 Å². The number of ether oxygens (including phenoxy) is 1. The van der Waals surface area contributed by atoms with Gasteiger partial charge in [0.25, 0.3) is 0 Å². The lowest BCUT2D eigenvalue weighted by Gasteiger charge is -2.21. The lowest BCUT2D eigenvalue weighted by molar-refractivity contribution is -0.0511. The summed E-state index contributed by atoms with van der Waals surface area (Å²) in [4.78, 5) is 12.8. The molecule has 2 aromatic heterocycles. The molecule has 0 bridgehead atoms. The van der Waals surface area contributed by atoms with Crippen molar-refractivity contribution >= 4 is 28.6 Å². The third kappa shape index (κ3) is 3.79. The minimum absolute atomic E-state index is 0.139. The van der Waals surface area contributed by atoms with Crippen LogP contribution in [0.4, 0.5) is 5.69 Å². The Morgan fingerprint density at radius 2 is 1.90 bits per heavy atom. The Morgan fingerprint density at radius 1 is 1.14 bits per heavy atom. The van der Waals surface area contributed by atoms with Crippen LogP contribution >= 0.6 is 11.8 Å². The molecular formula is C17H18N5O6S-. The van der Waals surface area contributed by atoms with E-state index < -0.39 is 31.1 Å². The molecule has 11 nitrogen and oxygen atoms in total. The number of fused-ring (bicyclic) bond motifs is 1. The van der Waals surface area contributed by atoms with Crippen LogP contribution in [-0.4, -0.2) is 65.0 Å². The molecule has 0 aliphatic carbocycles. The molecule has 1 aliphatic rings. The summed E-state index contributed by atoms with van der Waals surface area (Å²) in [5, 5.41) is 49.6. The summed E-state index contributed by atoms with van der Waals surface area (Å²) in [5.41, 5.74) is 1.98. The standard InChI is InChI=1S/C17H18N5O6S/c23-5-11-13(24)14(25)17(28-11)21-8-20-12-15(21)18-7-19-16(12)29-6-9-1-3-10(4-2-9)22(26)27/h1-4,7-8,11,13-14,17,23-26H,5-6H2/q-1. The number of nitrogens with zero attached hydrogens (tertiary/aromatic N) is 5. The molecule has 4 atom stereocenters. The summed E-state index contributed by atoms with van der Waals surface area (Å²) in [7, 11) is 0. The lowest BCUT2D eigenvalue weighted by Crippen LogP contribution is -2.33. The number of imidazole rings is 1. The second kappa shape index (κ2) is 8.20. The molecule has 0 radical (unpaired) electrons. The topological polar surface area (TPSA) is 160 Å². The zero-order valence-electron chi connectivity index (χ0n) is 14.9. The molecule has 154 valence electrons. The Morgan fingerprint density at radius 3 is 2.55 bits per heavy atom. The number of hydrogen-bond acceptors (Lipinski definition) is 11. The van der Waals surface area contributed by atoms with Gasteiger partial charge >= 0.3 is 0 Å². The van der Waals surface area contributed by atoms with Crippen LogP contribution in [0, 0.1) is 5.21 Å². The van der Waals surface area contributed by atoms with Gasteiger partial charge in [0, 0.05) is 5.75 Å². The number of aliphatic hydroxyl groups is 3. The first-order valence-corrected chi connectivity index (χ1v) is 9.66. The van der Waals surface area contributed by atoms with Crippen molar-refractivity contribution in [2.24, 2.45) is 0 Å². The molecule has 0 spiro atoms. The Kier molecular flexibility index (Phi) is 5.65. The van der Waals surface area contributed by atoms with Crippen molar-refractivity contribution in [2.75, 3.05) is 11.8 Å². The molecule has 1 aromatic carbocycles. The van der Waals surface area contributed by atoms with Gasteiger partial charge in [-0.3, -0.25) is 9.77 Å². The molecule has 3 aromatic rings. The van der Waals surface area contributed by atoms with Gasteiger partial charge < -0.3 is 30.5 Å². The van der Waals surface area contributed by atoms with Crippen LogP contribution in [0.3, 0.4) is 0 Å². The number of aliphatic hydroxyl groups excluding tert-OH is 3. The maximum Gasteiger partial charge on any atom is 0.166 e. The number of aromatic nitrogens is 4. The van der Waals surface area contributed by atoms with E-state index in [4.69, 9.17) is 9.94 Å². The van der Waals surface area contributed by atoms with Crippen molar-refractivity contribution in [3.05, 3.63) is 47.7 Å². The van der Waals surface area contributed by atoms with Gasteiger partial charge in [0.15, 0.2) is 11.9 Å². The van der Waals surface area contributed by atoms with Crippen LogP contribution in [0.2, 0.25) is 0 Å². The molecule has 3 heterocycles. The van der Waals surface area contributed by atoms with Gasteiger partial charge in [-0.1, -0.05) is 23.9 Å². The number of thioether (sulfide) groups is 1. The van der Waals surface area contributed by atoms with Crippen molar-refractivity contribution in [3.63, 3.8) is 0 Å². The summed E-state index contributed by atoms with van der Waals surface area (Å²) < 4.78 is 7.05. The van der Waals surface area contributed by atoms with Crippen LogP contribution in [0.25, 0.3) is 11.2 Å². The quantitative estimate of drug-likeness (QED) is 0.249. The van der Waals surface area contributed by atoms with E-state index in [0.29, 0.717) is 21.9 Å². The van der Waals surface area contributed by atoms with Gasteiger partial charge in [-0.2, -0.15) is 0 Å². The summed E-state index contributed by atoms with van der Waals surface area (Å²) in [6.07, 6.45) is -1.46. The normalized spacial score (nSPS) is 24.3. The van der Waals surface area contributed by atoms with Crippen molar-refractivity contribution in [3.8, 4) is 0 Å². The van der Waals surface area contributed by atoms with E-state index in [2.05, 4.69) is 15.0 Å². The monoisotopic (exact) mass is 420 g/mol. The zero-order chi connectivity index (χ0) is 20.5. The predicted molar refractivity (Wildman–Crippen MR) is 102 cm³/mol. The van der Waals surface area contributed by atoms with Crippen molar-refractivity contribution in [2.45, 2.75) is 35.3 Å². The lowest BCUT2D eigenvalue weighted by atomic mass is 10.1. The van der Waals surface area contributed by atoms with Crippen LogP contribution in [0.5, 0.6) is 0 Å². The molecule has 1 fully saturated rings. The fraction of sp³-hybridized carbons (Fsp3) is 0.353. The maximum absolute atomic E-state index is 10.9. The Bertz CT molecular complexity index is 984. The molecule has 4 N–H and O–H groups in total. The highest BCUT2D eigenvalue weighted by Crippen LogP contribution is 2.33. The molecule has 4 unspecified atom stereocenters. The van der Waals surface area contributed by atoms with Crippen LogP contribution in [0.15, 0.2) is 41.9 Å². The first-order valence-electron chi connectivity index (χ1n) is 8.67. The summed E-state index contributed by atoms with van der Waals surface area (Å²) >= 11 is 1.41. The molecule has 12 heteroatoms. The number of rotatable bonds is 6. The molecule has 1 saturated heterocycles. The highest BCUT2D eigenvalue weighted by Gasteiger charge is 2.44. The third-order valence-corrected chi connectivity index (χ3v) is 5.70. The highest BCUT2D eigenvalue weighted by atomic mass is 32.2. The summed E-state index contributed by atoms with van der Waals surface area (Å²) in [6, 6.07) is 6.46. The predicted octanol–water partition coefficient (Wildman–Crippen LogP) is 0.423. The van der Waals surface area contributed by atoms with Crippen LogP contribution in [0.1, 0.15) is 11.8 Å². The largest absolute Gasteiger partial charge is 0.733 e. The second-order valence-corrected chi connectivity index (χ2v) is 7.42. The first kappa shape index (κ1) is 20.0. The fourth-order valence-corrected chi connectivity index (χ4v) is 4.00. The average Bonchev–Trinajstić information content (AvgIpc) is 3.28. The molecule has 0 saturated carbocycles. The smallest absolute Gasteiger partial charge is 0.166 e. The van der Waals surface area contributed by atoms with Gasteiger partial charge in [-0.15, -0.1) is 0 Å². The third-order valence-electron chi connectivity index (χ3n) is 4.65. The van der Waals surface area contributed by atoms with Crippen LogP contribution in [-0.2, 0) is 10.5 Å². The van der Waals surface area contributed by atoms with E-state index >= 15 is 0 Å². The average molecular weight is 420 g/mol. The minimum Gasteiger partial charge on any atom is -0.733 e. The molecule has 1 aliphatic heterocycles. The van der Waals surface area contributed by atoms with E-state index in [1.54, 1.807) is 12.1 Å². The number of hydrogen-bond donors (Lipinski definition) is 4. The fourth-order valence-electron chi connectivity index (χ4n) is 3.10. The number of benzene rings is 1. The Hall–Kier alpha value is -2.32. The Balaban J connectivity index is 1.55. The van der Waals surface area contributed by atoms with E-state index in [1.165, 1.54) is 41.1 Å². The zero-order valence-corrected chi connectivity index (χ0v) is 15.8. The molecule has 29 heavy (non-hydrogen) atoms. The summed E-state index contributed by atoms with van der Waals surface area (Å²) in [5.74, 6) is 0.539. The van der Waals surface area contributed by atoms with Crippen molar-refractivity contribution in [1.82, 2.24) is 19.5 Å². The van der Waals surface area contributed by atoms with Gasteiger partial charge in [0.2, 0.25) is 0 Å². The van der Waals surface area contributed by atoms with Gasteiger partial charge in [-0.25, -0.2) is 15.0 Å². The van der Waals surface area contributed by atoms with Gasteiger partial charge in [0.1, 0.15) is 35.2 Å². The molecule has 0 amide bonds. The van der Waals surface area contributed by atoms with Crippen LogP contribution < -0.4 is 5.23 Å². The molecular weight excluding hydrogens is 402 g/mol. The van der Waals surface area contributed by atoms with Gasteiger partial charge in [-0.05, 0) is 17.7 Å². The van der Waals surface area contributed by atoms with E-state index in [1.807, 2.05) is 0 Å². The SMILES string of the molecule is [O-]N(O)c1ccc(CSc2ncnc3c2ncn3C2OC(CO)C(O)C2O)cc1. The Labute approximate surface area is 168 Å². The van der Waals surface area contributed by atoms with E-state index in [-0.39, 0.29) is 10.9 Å². The van der Waals surface area contributed by atoms with Crippen molar-refractivity contribution < 1.29 is 25.3 Å². The maximum atomic E-state index is 10.9. The van der Waals surface area contributed by atoms with E-state index in [0.717, 1.165) is 5.56 Å².